The molecule has 2 fully saturated rings. The fourth-order valence-corrected chi connectivity index (χ4v) is 3.69. The fourth-order valence-electron chi connectivity index (χ4n) is 3.69. The zero-order chi connectivity index (χ0) is 14.3. The standard InChI is InChI=1S/C14H27N3O2/c1-10-8-17(9-13(2,3)19-10)11-5-6-14(7-11,16-4)12(15)18/h10-11,16H,5-9H2,1-4H3,(H2,15,18). The minimum atomic E-state index is -0.518. The highest BCUT2D eigenvalue weighted by molar-refractivity contribution is 5.85. The number of nitrogens with two attached hydrogens (primary N) is 1. The van der Waals surface area contributed by atoms with E-state index in [9.17, 15) is 4.79 Å². The van der Waals surface area contributed by atoms with Crippen LogP contribution in [0.4, 0.5) is 0 Å². The molecule has 0 aromatic carbocycles. The monoisotopic (exact) mass is 269 g/mol. The summed E-state index contributed by atoms with van der Waals surface area (Å²) in [6.07, 6.45) is 2.89. The number of nitrogens with one attached hydrogen (secondary N) is 1. The van der Waals surface area contributed by atoms with Crippen LogP contribution >= 0.6 is 0 Å². The van der Waals surface area contributed by atoms with E-state index in [1.54, 1.807) is 0 Å². The van der Waals surface area contributed by atoms with E-state index in [4.69, 9.17) is 10.5 Å². The third-order valence-electron chi connectivity index (χ3n) is 4.55. The van der Waals surface area contributed by atoms with Gasteiger partial charge in [-0.15, -0.1) is 0 Å². The average Bonchev–Trinajstić information content (AvgIpc) is 2.71. The summed E-state index contributed by atoms with van der Waals surface area (Å²) in [5.41, 5.74) is 4.94. The molecule has 0 spiro atoms. The number of morpholine rings is 1. The molecular weight excluding hydrogens is 242 g/mol. The first kappa shape index (κ1) is 14.8. The van der Waals surface area contributed by atoms with Crippen LogP contribution in [0.15, 0.2) is 0 Å². The molecular formula is C14H27N3O2. The number of ether oxygens (including phenoxy) is 1. The fraction of sp³-hybridized carbons (Fsp3) is 0.929. The van der Waals surface area contributed by atoms with E-state index in [1.165, 1.54) is 0 Å². The third-order valence-corrected chi connectivity index (χ3v) is 4.55. The van der Waals surface area contributed by atoms with Gasteiger partial charge >= 0.3 is 0 Å². The van der Waals surface area contributed by atoms with Gasteiger partial charge in [-0.1, -0.05) is 0 Å². The van der Waals surface area contributed by atoms with E-state index >= 15 is 0 Å². The van der Waals surface area contributed by atoms with E-state index in [1.807, 2.05) is 7.05 Å². The maximum atomic E-state index is 11.7. The molecule has 1 aliphatic carbocycles. The lowest BCUT2D eigenvalue weighted by Gasteiger charge is -2.44. The van der Waals surface area contributed by atoms with Gasteiger partial charge in [-0.05, 0) is 47.1 Å². The summed E-state index contributed by atoms with van der Waals surface area (Å²) >= 11 is 0. The maximum Gasteiger partial charge on any atom is 0.237 e. The summed E-state index contributed by atoms with van der Waals surface area (Å²) in [6, 6.07) is 0.422. The SMILES string of the molecule is CNC1(C(N)=O)CCC(N2CC(C)OC(C)(C)C2)C1. The summed E-state index contributed by atoms with van der Waals surface area (Å²) in [5, 5.41) is 3.15. The molecule has 0 bridgehead atoms. The Morgan fingerprint density at radius 1 is 1.47 bits per heavy atom. The highest BCUT2D eigenvalue weighted by Gasteiger charge is 2.46. The zero-order valence-electron chi connectivity index (χ0n) is 12.5. The number of rotatable bonds is 3. The van der Waals surface area contributed by atoms with Crippen LogP contribution in [0.1, 0.15) is 40.0 Å². The van der Waals surface area contributed by atoms with E-state index in [2.05, 4.69) is 31.0 Å². The van der Waals surface area contributed by atoms with E-state index in [0.717, 1.165) is 32.4 Å². The molecule has 19 heavy (non-hydrogen) atoms. The Kier molecular flexibility index (Phi) is 3.91. The number of hydrogen-bond acceptors (Lipinski definition) is 4. The highest BCUT2D eigenvalue weighted by Crippen LogP contribution is 2.35. The van der Waals surface area contributed by atoms with E-state index in [-0.39, 0.29) is 17.6 Å². The molecule has 2 aliphatic rings. The molecule has 2 rings (SSSR count). The van der Waals surface area contributed by atoms with Gasteiger partial charge in [0.15, 0.2) is 0 Å². The van der Waals surface area contributed by atoms with Gasteiger partial charge < -0.3 is 15.8 Å². The largest absolute Gasteiger partial charge is 0.370 e. The first-order chi connectivity index (χ1) is 8.78. The first-order valence-corrected chi connectivity index (χ1v) is 7.19. The molecule has 5 heteroatoms. The molecule has 1 saturated carbocycles. The number of likely N-dealkylation sites (N-methyl/N-ethyl adjacent to an activating group) is 1. The lowest BCUT2D eigenvalue weighted by molar-refractivity contribution is -0.138. The van der Waals surface area contributed by atoms with Gasteiger partial charge in [0, 0.05) is 19.1 Å². The Hall–Kier alpha value is -0.650. The van der Waals surface area contributed by atoms with Crippen molar-refractivity contribution in [2.24, 2.45) is 5.73 Å². The number of carbonyl (C=O) groups excluding carboxylic acids is 1. The predicted octanol–water partition coefficient (Wildman–Crippen LogP) is 0.482. The van der Waals surface area contributed by atoms with Crippen LogP contribution in [0.3, 0.4) is 0 Å². The number of hydrogen-bond donors (Lipinski definition) is 2. The van der Waals surface area contributed by atoms with Crippen LogP contribution in [-0.4, -0.2) is 54.2 Å². The van der Waals surface area contributed by atoms with Crippen molar-refractivity contribution in [1.29, 1.82) is 0 Å². The minimum Gasteiger partial charge on any atom is -0.370 e. The van der Waals surface area contributed by atoms with Crippen molar-refractivity contribution in [1.82, 2.24) is 10.2 Å². The van der Waals surface area contributed by atoms with Crippen molar-refractivity contribution >= 4 is 5.91 Å². The molecule has 5 nitrogen and oxygen atoms in total. The number of amides is 1. The summed E-state index contributed by atoms with van der Waals surface area (Å²) in [5.74, 6) is -0.224. The average molecular weight is 269 g/mol. The Balaban J connectivity index is 2.06. The van der Waals surface area contributed by atoms with Crippen LogP contribution in [-0.2, 0) is 9.53 Å². The molecule has 1 saturated heterocycles. The van der Waals surface area contributed by atoms with Gasteiger partial charge in [-0.25, -0.2) is 0 Å². The van der Waals surface area contributed by atoms with Crippen molar-refractivity contribution in [3.8, 4) is 0 Å². The van der Waals surface area contributed by atoms with Crippen molar-refractivity contribution in [3.63, 3.8) is 0 Å². The maximum absolute atomic E-state index is 11.7. The lowest BCUT2D eigenvalue weighted by atomic mass is 9.96. The normalized spacial score (nSPS) is 39.4. The summed E-state index contributed by atoms with van der Waals surface area (Å²) in [4.78, 5) is 14.2. The number of nitrogens with zero attached hydrogens (tertiary/aromatic N) is 1. The Bertz CT molecular complexity index is 359. The first-order valence-electron chi connectivity index (χ1n) is 7.19. The third kappa shape index (κ3) is 2.93. The van der Waals surface area contributed by atoms with E-state index in [0.29, 0.717) is 6.04 Å². The van der Waals surface area contributed by atoms with Crippen molar-refractivity contribution in [2.75, 3.05) is 20.1 Å². The van der Waals surface area contributed by atoms with Gasteiger partial charge in [0.05, 0.1) is 17.2 Å². The lowest BCUT2D eigenvalue weighted by Crippen LogP contribution is -2.57. The van der Waals surface area contributed by atoms with Crippen LogP contribution in [0.25, 0.3) is 0 Å². The molecule has 0 aromatic rings. The Labute approximate surface area is 115 Å². The van der Waals surface area contributed by atoms with Crippen LogP contribution in [0.5, 0.6) is 0 Å². The second-order valence-corrected chi connectivity index (χ2v) is 6.71. The second-order valence-electron chi connectivity index (χ2n) is 6.71. The molecule has 110 valence electrons. The van der Waals surface area contributed by atoms with Gasteiger partial charge in [-0.2, -0.15) is 0 Å². The number of carbonyl (C=O) groups is 1. The molecule has 3 unspecified atom stereocenters. The van der Waals surface area contributed by atoms with Gasteiger partial charge in [0.1, 0.15) is 0 Å². The molecule has 1 aliphatic heterocycles. The molecule has 3 N–H and O–H groups in total. The molecule has 3 atom stereocenters. The van der Waals surface area contributed by atoms with Gasteiger partial charge in [-0.3, -0.25) is 9.69 Å². The highest BCUT2D eigenvalue weighted by atomic mass is 16.5. The molecule has 1 amide bonds. The minimum absolute atomic E-state index is 0.116. The smallest absolute Gasteiger partial charge is 0.237 e. The van der Waals surface area contributed by atoms with Crippen molar-refractivity contribution in [3.05, 3.63) is 0 Å². The second kappa shape index (κ2) is 5.04. The van der Waals surface area contributed by atoms with Crippen LogP contribution in [0, 0.1) is 0 Å². The topological polar surface area (TPSA) is 67.6 Å². The quantitative estimate of drug-likeness (QED) is 0.782. The predicted molar refractivity (Wildman–Crippen MR) is 74.8 cm³/mol. The van der Waals surface area contributed by atoms with Gasteiger partial charge in [0.2, 0.25) is 5.91 Å². The summed E-state index contributed by atoms with van der Waals surface area (Å²) < 4.78 is 5.94. The number of primary amides is 1. The summed E-state index contributed by atoms with van der Waals surface area (Å²) in [6.45, 7) is 8.23. The van der Waals surface area contributed by atoms with Crippen LogP contribution in [0.2, 0.25) is 0 Å². The van der Waals surface area contributed by atoms with Crippen molar-refractivity contribution in [2.45, 2.75) is 63.3 Å². The Morgan fingerprint density at radius 2 is 2.16 bits per heavy atom. The molecule has 0 aromatic heterocycles. The summed E-state index contributed by atoms with van der Waals surface area (Å²) in [7, 11) is 1.83. The van der Waals surface area contributed by atoms with Crippen molar-refractivity contribution < 1.29 is 9.53 Å². The Morgan fingerprint density at radius 3 is 2.63 bits per heavy atom. The molecule has 1 heterocycles. The van der Waals surface area contributed by atoms with Gasteiger partial charge in [0.25, 0.3) is 0 Å². The molecule has 0 radical (unpaired) electrons. The zero-order valence-corrected chi connectivity index (χ0v) is 12.5. The van der Waals surface area contributed by atoms with Crippen LogP contribution < -0.4 is 11.1 Å². The van der Waals surface area contributed by atoms with E-state index < -0.39 is 5.54 Å².